The Morgan fingerprint density at radius 3 is 2.22 bits per heavy atom. The summed E-state index contributed by atoms with van der Waals surface area (Å²) in [6.07, 6.45) is 2.41. The van der Waals surface area contributed by atoms with E-state index in [2.05, 4.69) is 17.0 Å². The third-order valence-electron chi connectivity index (χ3n) is 6.09. The zero-order chi connectivity index (χ0) is 15.7. The minimum absolute atomic E-state index is 0.0145. The van der Waals surface area contributed by atoms with E-state index >= 15 is 0 Å². The van der Waals surface area contributed by atoms with Crippen LogP contribution in [0.1, 0.15) is 36.1 Å². The molecule has 1 unspecified atom stereocenters. The Morgan fingerprint density at radius 2 is 1.70 bits per heavy atom. The molecule has 120 valence electrons. The quantitative estimate of drug-likeness (QED) is 0.777. The molecule has 4 heterocycles. The average molecular weight is 312 g/mol. The molecule has 2 amide bonds. The van der Waals surface area contributed by atoms with E-state index < -0.39 is 0 Å². The number of rotatable bonds is 2. The Balaban J connectivity index is 1.58. The van der Waals surface area contributed by atoms with Crippen molar-refractivity contribution in [2.75, 3.05) is 20.2 Å². The van der Waals surface area contributed by atoms with E-state index in [1.807, 2.05) is 12.1 Å². The zero-order valence-electron chi connectivity index (χ0n) is 13.1. The third-order valence-corrected chi connectivity index (χ3v) is 6.09. The summed E-state index contributed by atoms with van der Waals surface area (Å²) >= 11 is 0. The SMILES string of the molecule is CN1C(=O)[C@@H]2[C@H](C1=O)[C@@H]1c3ccccc3[C@H]2N1CC1CCCO1. The first-order chi connectivity index (χ1) is 11.2. The van der Waals surface area contributed by atoms with Crippen LogP contribution < -0.4 is 0 Å². The van der Waals surface area contributed by atoms with E-state index in [1.54, 1.807) is 7.05 Å². The van der Waals surface area contributed by atoms with E-state index in [9.17, 15) is 9.59 Å². The van der Waals surface area contributed by atoms with Gasteiger partial charge in [0.2, 0.25) is 11.8 Å². The van der Waals surface area contributed by atoms with Crippen LogP contribution in [0, 0.1) is 11.8 Å². The van der Waals surface area contributed by atoms with Crippen molar-refractivity contribution < 1.29 is 14.3 Å². The van der Waals surface area contributed by atoms with Crippen molar-refractivity contribution in [3.05, 3.63) is 35.4 Å². The van der Waals surface area contributed by atoms with Crippen LogP contribution in [0.15, 0.2) is 24.3 Å². The van der Waals surface area contributed by atoms with Gasteiger partial charge < -0.3 is 4.74 Å². The molecular formula is C18H20N2O3. The number of fused-ring (bicyclic) bond motifs is 8. The molecule has 5 rings (SSSR count). The number of carbonyl (C=O) groups excluding carboxylic acids is 2. The Labute approximate surface area is 135 Å². The van der Waals surface area contributed by atoms with Crippen LogP contribution in [-0.2, 0) is 14.3 Å². The number of likely N-dealkylation sites (tertiary alicyclic amines) is 1. The average Bonchev–Trinajstić information content (AvgIpc) is 3.30. The highest BCUT2D eigenvalue weighted by molar-refractivity contribution is 6.06. The summed E-state index contributed by atoms with van der Waals surface area (Å²) in [5, 5.41) is 0. The molecule has 4 aliphatic heterocycles. The summed E-state index contributed by atoms with van der Waals surface area (Å²) in [4.78, 5) is 29.0. The second kappa shape index (κ2) is 4.65. The van der Waals surface area contributed by atoms with Crippen molar-refractivity contribution in [1.29, 1.82) is 0 Å². The molecule has 3 fully saturated rings. The monoisotopic (exact) mass is 312 g/mol. The van der Waals surface area contributed by atoms with Crippen LogP contribution in [-0.4, -0.2) is 47.9 Å². The topological polar surface area (TPSA) is 49.9 Å². The van der Waals surface area contributed by atoms with Crippen molar-refractivity contribution in [1.82, 2.24) is 9.80 Å². The van der Waals surface area contributed by atoms with Gasteiger partial charge in [-0.05, 0) is 24.0 Å². The van der Waals surface area contributed by atoms with Crippen molar-refractivity contribution in [3.63, 3.8) is 0 Å². The molecule has 0 aliphatic carbocycles. The number of amides is 2. The van der Waals surface area contributed by atoms with E-state index in [1.165, 1.54) is 16.0 Å². The minimum atomic E-state index is -0.214. The lowest BCUT2D eigenvalue weighted by Gasteiger charge is -2.27. The van der Waals surface area contributed by atoms with Crippen LogP contribution >= 0.6 is 0 Å². The highest BCUT2D eigenvalue weighted by Crippen LogP contribution is 2.61. The zero-order valence-corrected chi connectivity index (χ0v) is 13.1. The lowest BCUT2D eigenvalue weighted by atomic mass is 9.77. The van der Waals surface area contributed by atoms with E-state index in [0.717, 1.165) is 26.0 Å². The molecule has 0 spiro atoms. The minimum Gasteiger partial charge on any atom is -0.377 e. The Bertz CT molecular complexity index is 648. The molecule has 0 saturated carbocycles. The van der Waals surface area contributed by atoms with E-state index in [-0.39, 0.29) is 41.8 Å². The number of nitrogens with zero attached hydrogens (tertiary/aromatic N) is 2. The van der Waals surface area contributed by atoms with Crippen LogP contribution in [0.2, 0.25) is 0 Å². The lowest BCUT2D eigenvalue weighted by Crippen LogP contribution is -2.36. The molecule has 5 atom stereocenters. The van der Waals surface area contributed by atoms with Crippen molar-refractivity contribution in [2.24, 2.45) is 11.8 Å². The van der Waals surface area contributed by atoms with Crippen LogP contribution in [0.3, 0.4) is 0 Å². The number of carbonyl (C=O) groups is 2. The molecule has 0 N–H and O–H groups in total. The maximum Gasteiger partial charge on any atom is 0.234 e. The smallest absolute Gasteiger partial charge is 0.234 e. The Hall–Kier alpha value is -1.72. The maximum atomic E-state index is 12.6. The third kappa shape index (κ3) is 1.64. The molecule has 4 aliphatic rings. The highest BCUT2D eigenvalue weighted by atomic mass is 16.5. The van der Waals surface area contributed by atoms with Crippen molar-refractivity contribution >= 4 is 11.8 Å². The molecule has 0 aromatic heterocycles. The van der Waals surface area contributed by atoms with Gasteiger partial charge in [0, 0.05) is 32.3 Å². The van der Waals surface area contributed by atoms with Gasteiger partial charge in [0.1, 0.15) is 0 Å². The van der Waals surface area contributed by atoms with Gasteiger partial charge in [-0.15, -0.1) is 0 Å². The summed E-state index contributed by atoms with van der Waals surface area (Å²) in [6.45, 7) is 1.65. The Kier molecular flexibility index (Phi) is 2.77. The molecule has 2 bridgehead atoms. The molecule has 5 nitrogen and oxygen atoms in total. The van der Waals surface area contributed by atoms with Crippen molar-refractivity contribution in [3.8, 4) is 0 Å². The molecule has 1 aromatic rings. The summed E-state index contributed by atoms with van der Waals surface area (Å²) in [5.41, 5.74) is 2.46. The van der Waals surface area contributed by atoms with Gasteiger partial charge in [-0.3, -0.25) is 19.4 Å². The molecule has 0 radical (unpaired) electrons. The number of ether oxygens (including phenoxy) is 1. The fraction of sp³-hybridized carbons (Fsp3) is 0.556. The number of hydrogen-bond donors (Lipinski definition) is 0. The summed E-state index contributed by atoms with van der Waals surface area (Å²) in [5.74, 6) is -0.457. The number of benzene rings is 1. The van der Waals surface area contributed by atoms with Crippen LogP contribution in [0.25, 0.3) is 0 Å². The number of imide groups is 1. The first kappa shape index (κ1) is 13.7. The second-order valence-electron chi connectivity index (χ2n) is 7.14. The molecule has 3 saturated heterocycles. The summed E-state index contributed by atoms with van der Waals surface area (Å²) < 4.78 is 5.81. The molecular weight excluding hydrogens is 292 g/mol. The fourth-order valence-corrected chi connectivity index (χ4v) is 5.16. The van der Waals surface area contributed by atoms with E-state index in [0.29, 0.717) is 0 Å². The molecule has 1 aromatic carbocycles. The van der Waals surface area contributed by atoms with Gasteiger partial charge in [-0.25, -0.2) is 0 Å². The predicted octanol–water partition coefficient (Wildman–Crippen LogP) is 1.51. The Morgan fingerprint density at radius 1 is 1.09 bits per heavy atom. The first-order valence-corrected chi connectivity index (χ1v) is 8.46. The normalized spacial score (nSPS) is 38.5. The van der Waals surface area contributed by atoms with Gasteiger partial charge in [-0.2, -0.15) is 0 Å². The van der Waals surface area contributed by atoms with Gasteiger partial charge in [0.05, 0.1) is 17.9 Å². The van der Waals surface area contributed by atoms with Gasteiger partial charge >= 0.3 is 0 Å². The molecule has 23 heavy (non-hydrogen) atoms. The van der Waals surface area contributed by atoms with Gasteiger partial charge in [0.25, 0.3) is 0 Å². The van der Waals surface area contributed by atoms with Crippen LogP contribution in [0.5, 0.6) is 0 Å². The van der Waals surface area contributed by atoms with E-state index in [4.69, 9.17) is 4.74 Å². The standard InChI is InChI=1S/C18H20N2O3/c1-19-17(21)13-14(18(19)22)16-12-7-3-2-6-11(12)15(13)20(16)9-10-5-4-8-23-10/h2-3,6-7,10,13-16H,4-5,8-9H2,1H3/t10?,13-,14+,15-,16+. The summed E-state index contributed by atoms with van der Waals surface area (Å²) in [6, 6.07) is 8.37. The molecule has 5 heteroatoms. The largest absolute Gasteiger partial charge is 0.377 e. The highest BCUT2D eigenvalue weighted by Gasteiger charge is 2.65. The predicted molar refractivity (Wildman–Crippen MR) is 82.4 cm³/mol. The summed E-state index contributed by atoms with van der Waals surface area (Å²) in [7, 11) is 1.62. The first-order valence-electron chi connectivity index (χ1n) is 8.46. The van der Waals surface area contributed by atoms with Gasteiger partial charge in [0.15, 0.2) is 0 Å². The number of hydrogen-bond acceptors (Lipinski definition) is 4. The fourth-order valence-electron chi connectivity index (χ4n) is 5.16. The van der Waals surface area contributed by atoms with Gasteiger partial charge in [-0.1, -0.05) is 24.3 Å². The maximum absolute atomic E-state index is 12.6. The second-order valence-corrected chi connectivity index (χ2v) is 7.14. The van der Waals surface area contributed by atoms with Crippen LogP contribution in [0.4, 0.5) is 0 Å². The van der Waals surface area contributed by atoms with Crippen molar-refractivity contribution in [2.45, 2.75) is 31.0 Å². The lowest BCUT2D eigenvalue weighted by molar-refractivity contribution is -0.140.